The summed E-state index contributed by atoms with van der Waals surface area (Å²) in [7, 11) is 0. The number of rotatable bonds is 5. The van der Waals surface area contributed by atoms with Gasteiger partial charge in [0.1, 0.15) is 0 Å². The van der Waals surface area contributed by atoms with E-state index in [1.807, 2.05) is 0 Å². The molecule has 1 aliphatic rings. The van der Waals surface area contributed by atoms with Crippen LogP contribution in [0.1, 0.15) is 31.4 Å². The predicted molar refractivity (Wildman–Crippen MR) is 79.1 cm³/mol. The maximum Gasteiger partial charge on any atom is 0.216 e. The number of carbonyl (C=O) groups excluding carboxylic acids is 1. The fourth-order valence-electron chi connectivity index (χ4n) is 2.72. The molecule has 106 valence electrons. The lowest BCUT2D eigenvalue weighted by Gasteiger charge is -2.37. The Morgan fingerprint density at radius 1 is 1.58 bits per heavy atom. The van der Waals surface area contributed by atoms with Crippen molar-refractivity contribution >= 4 is 17.2 Å². The average molecular weight is 281 g/mol. The van der Waals surface area contributed by atoms with Crippen LogP contribution in [0.2, 0.25) is 0 Å². The standard InChI is InChI=1S/C14H23N3OS/c1-11(18)16-9-12-2-5-17(6-3-12)14(8-15)13-4-7-19-10-13/h4,7,10,12,14H,2-3,5-6,8-9,15H2,1H3,(H,16,18). The van der Waals surface area contributed by atoms with Crippen LogP contribution in [-0.4, -0.2) is 37.0 Å². The van der Waals surface area contributed by atoms with Gasteiger partial charge in [0.15, 0.2) is 0 Å². The first-order valence-electron chi connectivity index (χ1n) is 6.91. The van der Waals surface area contributed by atoms with Gasteiger partial charge in [-0.3, -0.25) is 9.69 Å². The SMILES string of the molecule is CC(=O)NCC1CCN(C(CN)c2ccsc2)CC1. The molecule has 0 aliphatic carbocycles. The van der Waals surface area contributed by atoms with Crippen LogP contribution in [0.3, 0.4) is 0 Å². The molecule has 2 rings (SSSR count). The monoisotopic (exact) mass is 281 g/mol. The van der Waals surface area contributed by atoms with Crippen molar-refractivity contribution in [2.24, 2.45) is 11.7 Å². The molecular weight excluding hydrogens is 258 g/mol. The number of nitrogens with two attached hydrogens (primary N) is 1. The Morgan fingerprint density at radius 2 is 2.32 bits per heavy atom. The summed E-state index contributed by atoms with van der Waals surface area (Å²) in [5, 5.41) is 7.23. The lowest BCUT2D eigenvalue weighted by atomic mass is 9.94. The third-order valence-corrected chi connectivity index (χ3v) is 4.58. The second kappa shape index (κ2) is 7.03. The Bertz CT molecular complexity index is 385. The van der Waals surface area contributed by atoms with Gasteiger partial charge in [-0.25, -0.2) is 0 Å². The number of piperidine rings is 1. The van der Waals surface area contributed by atoms with Crippen LogP contribution >= 0.6 is 11.3 Å². The summed E-state index contributed by atoms with van der Waals surface area (Å²) in [5.41, 5.74) is 7.27. The van der Waals surface area contributed by atoms with Crippen LogP contribution in [0, 0.1) is 5.92 Å². The molecule has 1 aliphatic heterocycles. The molecule has 0 radical (unpaired) electrons. The zero-order valence-electron chi connectivity index (χ0n) is 11.5. The van der Waals surface area contributed by atoms with Crippen molar-refractivity contribution in [2.45, 2.75) is 25.8 Å². The molecule has 1 aromatic heterocycles. The third kappa shape index (κ3) is 4.03. The first kappa shape index (κ1) is 14.5. The van der Waals surface area contributed by atoms with Crippen LogP contribution < -0.4 is 11.1 Å². The van der Waals surface area contributed by atoms with Crippen LogP contribution in [0.5, 0.6) is 0 Å². The summed E-state index contributed by atoms with van der Waals surface area (Å²) in [6.07, 6.45) is 2.28. The Hall–Kier alpha value is -0.910. The van der Waals surface area contributed by atoms with Gasteiger partial charge in [-0.1, -0.05) is 0 Å². The van der Waals surface area contributed by atoms with E-state index in [1.54, 1.807) is 18.3 Å². The highest BCUT2D eigenvalue weighted by atomic mass is 32.1. The Balaban J connectivity index is 1.83. The molecule has 1 unspecified atom stereocenters. The summed E-state index contributed by atoms with van der Waals surface area (Å²) in [6.45, 7) is 5.21. The van der Waals surface area contributed by atoms with Gasteiger partial charge in [0.2, 0.25) is 5.91 Å². The van der Waals surface area contributed by atoms with E-state index in [1.165, 1.54) is 5.56 Å². The van der Waals surface area contributed by atoms with E-state index >= 15 is 0 Å². The van der Waals surface area contributed by atoms with Gasteiger partial charge in [-0.2, -0.15) is 11.3 Å². The van der Waals surface area contributed by atoms with Crippen LogP contribution in [0.15, 0.2) is 16.8 Å². The lowest BCUT2D eigenvalue weighted by Crippen LogP contribution is -2.42. The normalized spacial score (nSPS) is 19.3. The molecule has 0 spiro atoms. The number of amides is 1. The lowest BCUT2D eigenvalue weighted by molar-refractivity contribution is -0.119. The summed E-state index contributed by atoms with van der Waals surface area (Å²) < 4.78 is 0. The molecule has 1 aromatic rings. The summed E-state index contributed by atoms with van der Waals surface area (Å²) >= 11 is 1.73. The van der Waals surface area contributed by atoms with Crippen molar-refractivity contribution in [3.63, 3.8) is 0 Å². The second-order valence-corrected chi connectivity index (χ2v) is 6.00. The third-order valence-electron chi connectivity index (χ3n) is 3.88. The summed E-state index contributed by atoms with van der Waals surface area (Å²) in [6, 6.07) is 2.53. The molecule has 5 heteroatoms. The zero-order valence-corrected chi connectivity index (χ0v) is 12.3. The highest BCUT2D eigenvalue weighted by Gasteiger charge is 2.25. The maximum absolute atomic E-state index is 10.9. The van der Waals surface area contributed by atoms with Crippen molar-refractivity contribution < 1.29 is 4.79 Å². The van der Waals surface area contributed by atoms with Gasteiger partial charge in [-0.05, 0) is 54.2 Å². The van der Waals surface area contributed by atoms with E-state index in [2.05, 4.69) is 27.0 Å². The number of hydrogen-bond donors (Lipinski definition) is 2. The molecule has 1 amide bonds. The first-order chi connectivity index (χ1) is 9.20. The van der Waals surface area contributed by atoms with Crippen molar-refractivity contribution in [1.29, 1.82) is 0 Å². The molecule has 1 atom stereocenters. The molecule has 0 saturated carbocycles. The number of likely N-dealkylation sites (tertiary alicyclic amines) is 1. The Kier molecular flexibility index (Phi) is 5.36. The topological polar surface area (TPSA) is 58.4 Å². The Morgan fingerprint density at radius 3 is 2.84 bits per heavy atom. The quantitative estimate of drug-likeness (QED) is 0.862. The number of carbonyl (C=O) groups is 1. The molecule has 1 fully saturated rings. The summed E-state index contributed by atoms with van der Waals surface area (Å²) in [5.74, 6) is 0.682. The molecule has 2 heterocycles. The van der Waals surface area contributed by atoms with E-state index in [4.69, 9.17) is 5.73 Å². The Labute approximate surface area is 119 Å². The maximum atomic E-state index is 10.9. The minimum Gasteiger partial charge on any atom is -0.356 e. The fourth-order valence-corrected chi connectivity index (χ4v) is 3.42. The minimum absolute atomic E-state index is 0.0699. The number of nitrogens with zero attached hydrogens (tertiary/aromatic N) is 1. The van der Waals surface area contributed by atoms with E-state index in [0.717, 1.165) is 32.5 Å². The fraction of sp³-hybridized carbons (Fsp3) is 0.643. The first-order valence-corrected chi connectivity index (χ1v) is 7.85. The van der Waals surface area contributed by atoms with Crippen LogP contribution in [-0.2, 0) is 4.79 Å². The zero-order chi connectivity index (χ0) is 13.7. The van der Waals surface area contributed by atoms with E-state index in [0.29, 0.717) is 18.5 Å². The van der Waals surface area contributed by atoms with Gasteiger partial charge >= 0.3 is 0 Å². The van der Waals surface area contributed by atoms with Gasteiger partial charge in [-0.15, -0.1) is 0 Å². The number of thiophene rings is 1. The van der Waals surface area contributed by atoms with Crippen LogP contribution in [0.4, 0.5) is 0 Å². The average Bonchev–Trinajstić information content (AvgIpc) is 2.92. The van der Waals surface area contributed by atoms with Crippen LogP contribution in [0.25, 0.3) is 0 Å². The van der Waals surface area contributed by atoms with Crippen molar-refractivity contribution in [3.05, 3.63) is 22.4 Å². The number of hydrogen-bond acceptors (Lipinski definition) is 4. The van der Waals surface area contributed by atoms with Crippen molar-refractivity contribution in [3.8, 4) is 0 Å². The van der Waals surface area contributed by atoms with Gasteiger partial charge in [0.25, 0.3) is 0 Å². The minimum atomic E-state index is 0.0699. The molecule has 1 saturated heterocycles. The molecule has 0 bridgehead atoms. The second-order valence-electron chi connectivity index (χ2n) is 5.22. The van der Waals surface area contributed by atoms with Gasteiger partial charge < -0.3 is 11.1 Å². The smallest absolute Gasteiger partial charge is 0.216 e. The van der Waals surface area contributed by atoms with Gasteiger partial charge in [0.05, 0.1) is 0 Å². The van der Waals surface area contributed by atoms with E-state index in [-0.39, 0.29) is 5.91 Å². The van der Waals surface area contributed by atoms with Crippen molar-refractivity contribution in [2.75, 3.05) is 26.2 Å². The summed E-state index contributed by atoms with van der Waals surface area (Å²) in [4.78, 5) is 13.4. The molecular formula is C14H23N3OS. The molecule has 3 N–H and O–H groups in total. The highest BCUT2D eigenvalue weighted by Crippen LogP contribution is 2.27. The molecule has 4 nitrogen and oxygen atoms in total. The number of nitrogens with one attached hydrogen (secondary N) is 1. The molecule has 0 aromatic carbocycles. The van der Waals surface area contributed by atoms with Gasteiger partial charge in [0, 0.05) is 26.1 Å². The van der Waals surface area contributed by atoms with Crippen molar-refractivity contribution in [1.82, 2.24) is 10.2 Å². The highest BCUT2D eigenvalue weighted by molar-refractivity contribution is 7.07. The predicted octanol–water partition coefficient (Wildman–Crippen LogP) is 1.60. The van der Waals surface area contributed by atoms with E-state index in [9.17, 15) is 4.79 Å². The largest absolute Gasteiger partial charge is 0.356 e. The molecule has 19 heavy (non-hydrogen) atoms. The van der Waals surface area contributed by atoms with E-state index < -0.39 is 0 Å².